The fraction of sp³-hybridized carbons (Fsp3) is 0.182. The molecule has 0 saturated heterocycles. The molecule has 0 aliphatic carbocycles. The SMILES string of the molecule is COc1nccnc1C(NN)c1ncccc1F. The zero-order valence-electron chi connectivity index (χ0n) is 9.67. The number of hydrogen-bond acceptors (Lipinski definition) is 6. The zero-order valence-corrected chi connectivity index (χ0v) is 9.67. The fourth-order valence-corrected chi connectivity index (χ4v) is 1.59. The van der Waals surface area contributed by atoms with Crippen molar-refractivity contribution >= 4 is 0 Å². The van der Waals surface area contributed by atoms with Gasteiger partial charge in [0.05, 0.1) is 7.11 Å². The first-order valence-electron chi connectivity index (χ1n) is 5.19. The molecule has 2 aromatic heterocycles. The van der Waals surface area contributed by atoms with E-state index in [0.29, 0.717) is 5.69 Å². The summed E-state index contributed by atoms with van der Waals surface area (Å²) in [6.07, 6.45) is 4.43. The van der Waals surface area contributed by atoms with Crippen LogP contribution in [0.1, 0.15) is 17.4 Å². The number of nitrogens with two attached hydrogens (primary N) is 1. The van der Waals surface area contributed by atoms with Gasteiger partial charge in [0, 0.05) is 18.6 Å². The minimum absolute atomic E-state index is 0.138. The number of pyridine rings is 1. The summed E-state index contributed by atoms with van der Waals surface area (Å²) in [6.45, 7) is 0. The van der Waals surface area contributed by atoms with Crippen LogP contribution in [0.2, 0.25) is 0 Å². The highest BCUT2D eigenvalue weighted by Gasteiger charge is 2.23. The van der Waals surface area contributed by atoms with Crippen LogP contribution in [0.3, 0.4) is 0 Å². The van der Waals surface area contributed by atoms with Gasteiger partial charge in [-0.05, 0) is 12.1 Å². The molecule has 2 rings (SSSR count). The first-order chi connectivity index (χ1) is 8.77. The second-order valence-corrected chi connectivity index (χ2v) is 3.42. The molecule has 1 atom stereocenters. The highest BCUT2D eigenvalue weighted by molar-refractivity contribution is 5.29. The lowest BCUT2D eigenvalue weighted by Crippen LogP contribution is -2.31. The molecular weight excluding hydrogens is 237 g/mol. The molecule has 0 aromatic carbocycles. The Morgan fingerprint density at radius 2 is 1.94 bits per heavy atom. The molecule has 0 aliphatic heterocycles. The van der Waals surface area contributed by atoms with Crippen LogP contribution < -0.4 is 16.0 Å². The van der Waals surface area contributed by atoms with Crippen LogP contribution >= 0.6 is 0 Å². The number of rotatable bonds is 4. The molecule has 0 spiro atoms. The van der Waals surface area contributed by atoms with Gasteiger partial charge in [0.1, 0.15) is 23.2 Å². The van der Waals surface area contributed by atoms with Gasteiger partial charge < -0.3 is 4.74 Å². The maximum Gasteiger partial charge on any atom is 0.237 e. The highest BCUT2D eigenvalue weighted by Crippen LogP contribution is 2.25. The van der Waals surface area contributed by atoms with E-state index in [-0.39, 0.29) is 11.6 Å². The van der Waals surface area contributed by atoms with Crippen molar-refractivity contribution < 1.29 is 9.13 Å². The molecule has 6 nitrogen and oxygen atoms in total. The van der Waals surface area contributed by atoms with Crippen molar-refractivity contribution in [3.63, 3.8) is 0 Å². The van der Waals surface area contributed by atoms with E-state index in [9.17, 15) is 4.39 Å². The molecule has 0 saturated carbocycles. The quantitative estimate of drug-likeness (QED) is 0.608. The molecular formula is C11H12FN5O. The summed E-state index contributed by atoms with van der Waals surface area (Å²) in [7, 11) is 1.45. The predicted molar refractivity (Wildman–Crippen MR) is 61.9 cm³/mol. The first kappa shape index (κ1) is 12.3. The summed E-state index contributed by atoms with van der Waals surface area (Å²) in [5.41, 5.74) is 2.98. The second-order valence-electron chi connectivity index (χ2n) is 3.42. The maximum atomic E-state index is 13.7. The summed E-state index contributed by atoms with van der Waals surface area (Å²) in [6, 6.07) is 2.07. The highest BCUT2D eigenvalue weighted by atomic mass is 19.1. The molecule has 1 unspecified atom stereocenters. The van der Waals surface area contributed by atoms with E-state index in [1.54, 1.807) is 0 Å². The van der Waals surface area contributed by atoms with E-state index >= 15 is 0 Å². The lowest BCUT2D eigenvalue weighted by Gasteiger charge is -2.16. The van der Waals surface area contributed by atoms with E-state index in [1.807, 2.05) is 0 Å². The Bertz CT molecular complexity index is 536. The van der Waals surface area contributed by atoms with Crippen LogP contribution in [-0.4, -0.2) is 22.1 Å². The van der Waals surface area contributed by atoms with Crippen molar-refractivity contribution in [2.24, 2.45) is 5.84 Å². The summed E-state index contributed by atoms with van der Waals surface area (Å²) in [4.78, 5) is 12.1. The van der Waals surface area contributed by atoms with Gasteiger partial charge in [-0.1, -0.05) is 0 Å². The topological polar surface area (TPSA) is 86.0 Å². The van der Waals surface area contributed by atoms with E-state index < -0.39 is 11.9 Å². The molecule has 0 bridgehead atoms. The summed E-state index contributed by atoms with van der Waals surface area (Å²) in [5.74, 6) is 5.24. The largest absolute Gasteiger partial charge is 0.480 e. The van der Waals surface area contributed by atoms with Crippen LogP contribution in [0, 0.1) is 5.82 Å². The zero-order chi connectivity index (χ0) is 13.0. The third-order valence-corrected chi connectivity index (χ3v) is 2.39. The lowest BCUT2D eigenvalue weighted by atomic mass is 10.1. The van der Waals surface area contributed by atoms with Crippen molar-refractivity contribution in [1.29, 1.82) is 0 Å². The van der Waals surface area contributed by atoms with Crippen molar-refractivity contribution in [2.75, 3.05) is 7.11 Å². The number of methoxy groups -OCH3 is 1. The second kappa shape index (κ2) is 5.48. The number of halogens is 1. The van der Waals surface area contributed by atoms with Crippen LogP contribution in [0.15, 0.2) is 30.7 Å². The van der Waals surface area contributed by atoms with E-state index in [1.165, 1.54) is 37.8 Å². The third kappa shape index (κ3) is 2.27. The van der Waals surface area contributed by atoms with Crippen molar-refractivity contribution in [3.8, 4) is 5.88 Å². The molecule has 0 radical (unpaired) electrons. The Morgan fingerprint density at radius 1 is 1.22 bits per heavy atom. The van der Waals surface area contributed by atoms with Gasteiger partial charge in [-0.2, -0.15) is 0 Å². The third-order valence-electron chi connectivity index (χ3n) is 2.39. The minimum atomic E-state index is -0.727. The Labute approximate surface area is 103 Å². The maximum absolute atomic E-state index is 13.7. The van der Waals surface area contributed by atoms with Crippen molar-refractivity contribution in [2.45, 2.75) is 6.04 Å². The molecule has 0 amide bonds. The normalized spacial score (nSPS) is 12.2. The number of ether oxygens (including phenoxy) is 1. The summed E-state index contributed by atoms with van der Waals surface area (Å²) >= 11 is 0. The van der Waals surface area contributed by atoms with Gasteiger partial charge in [-0.25, -0.2) is 14.8 Å². The molecule has 94 valence electrons. The Balaban J connectivity index is 2.49. The standard InChI is InChI=1S/C11H12FN5O/c1-18-11-10(15-5-6-16-11)9(17-13)8-7(12)3-2-4-14-8/h2-6,9,17H,13H2,1H3. The van der Waals surface area contributed by atoms with Crippen LogP contribution in [0.4, 0.5) is 4.39 Å². The average Bonchev–Trinajstić information content (AvgIpc) is 2.42. The number of aromatic nitrogens is 3. The first-order valence-corrected chi connectivity index (χ1v) is 5.19. The number of hydrogen-bond donors (Lipinski definition) is 2. The predicted octanol–water partition coefficient (Wildman–Crippen LogP) is 0.572. The summed E-state index contributed by atoms with van der Waals surface area (Å²) < 4.78 is 18.8. The molecule has 18 heavy (non-hydrogen) atoms. The van der Waals surface area contributed by atoms with Gasteiger partial charge in [0.2, 0.25) is 5.88 Å². The Hall–Kier alpha value is -2.12. The Morgan fingerprint density at radius 3 is 2.61 bits per heavy atom. The smallest absolute Gasteiger partial charge is 0.237 e. The molecule has 2 aromatic rings. The molecule has 7 heteroatoms. The molecule has 0 aliphatic rings. The summed E-state index contributed by atoms with van der Waals surface area (Å²) in [5, 5.41) is 0. The van der Waals surface area contributed by atoms with Crippen LogP contribution in [0.5, 0.6) is 5.88 Å². The van der Waals surface area contributed by atoms with Gasteiger partial charge in [-0.3, -0.25) is 15.8 Å². The van der Waals surface area contributed by atoms with Crippen molar-refractivity contribution in [3.05, 3.63) is 47.9 Å². The van der Waals surface area contributed by atoms with Gasteiger partial charge in [-0.15, -0.1) is 0 Å². The monoisotopic (exact) mass is 249 g/mol. The van der Waals surface area contributed by atoms with Crippen LogP contribution in [-0.2, 0) is 0 Å². The molecule has 2 heterocycles. The number of nitrogens with one attached hydrogen (secondary N) is 1. The number of nitrogens with zero attached hydrogens (tertiary/aromatic N) is 3. The van der Waals surface area contributed by atoms with Crippen molar-refractivity contribution in [1.82, 2.24) is 20.4 Å². The van der Waals surface area contributed by atoms with Gasteiger partial charge >= 0.3 is 0 Å². The van der Waals surface area contributed by atoms with E-state index in [0.717, 1.165) is 0 Å². The number of hydrazine groups is 1. The van der Waals surface area contributed by atoms with Crippen LogP contribution in [0.25, 0.3) is 0 Å². The average molecular weight is 249 g/mol. The molecule has 3 N–H and O–H groups in total. The van der Waals surface area contributed by atoms with E-state index in [4.69, 9.17) is 10.6 Å². The minimum Gasteiger partial charge on any atom is -0.480 e. The van der Waals surface area contributed by atoms with Gasteiger partial charge in [0.25, 0.3) is 0 Å². The van der Waals surface area contributed by atoms with E-state index in [2.05, 4.69) is 20.4 Å². The van der Waals surface area contributed by atoms with Gasteiger partial charge in [0.15, 0.2) is 0 Å². The fourth-order valence-electron chi connectivity index (χ4n) is 1.59. The molecule has 0 fully saturated rings. The Kier molecular flexibility index (Phi) is 3.75. The lowest BCUT2D eigenvalue weighted by molar-refractivity contribution is 0.381.